The number of rotatable bonds is 4. The number of fused-ring (bicyclic) bond motifs is 1. The van der Waals surface area contributed by atoms with E-state index < -0.39 is 0 Å². The smallest absolute Gasteiger partial charge is 0.152 e. The van der Waals surface area contributed by atoms with E-state index in [9.17, 15) is 4.79 Å². The van der Waals surface area contributed by atoms with Crippen molar-refractivity contribution >= 4 is 17.2 Å². The average Bonchev–Trinajstić information content (AvgIpc) is 2.68. The average molecular weight is 217 g/mol. The first-order chi connectivity index (χ1) is 7.76. The molecule has 0 aliphatic rings. The fourth-order valence-electron chi connectivity index (χ4n) is 1.91. The van der Waals surface area contributed by atoms with E-state index >= 15 is 0 Å². The molecule has 0 bridgehead atoms. The van der Waals surface area contributed by atoms with E-state index in [2.05, 4.69) is 0 Å². The van der Waals surface area contributed by atoms with E-state index in [4.69, 9.17) is 5.11 Å². The molecule has 0 amide bonds. The number of aldehydes is 1. The molecule has 3 heteroatoms. The highest BCUT2D eigenvalue weighted by Gasteiger charge is 2.09. The molecule has 1 aromatic carbocycles. The number of benzene rings is 1. The Morgan fingerprint density at radius 2 is 2.19 bits per heavy atom. The molecule has 2 rings (SSSR count). The highest BCUT2D eigenvalue weighted by Crippen LogP contribution is 2.20. The van der Waals surface area contributed by atoms with E-state index in [0.717, 1.165) is 23.7 Å². The van der Waals surface area contributed by atoms with Crippen molar-refractivity contribution in [1.29, 1.82) is 0 Å². The van der Waals surface area contributed by atoms with Gasteiger partial charge in [0.05, 0.1) is 0 Å². The molecule has 1 unspecified atom stereocenters. The van der Waals surface area contributed by atoms with Gasteiger partial charge >= 0.3 is 0 Å². The van der Waals surface area contributed by atoms with Gasteiger partial charge in [0.15, 0.2) is 6.29 Å². The molecule has 2 aromatic rings. The number of aliphatic hydroxyl groups is 1. The van der Waals surface area contributed by atoms with E-state index in [1.165, 1.54) is 0 Å². The molecule has 0 fully saturated rings. The molecule has 84 valence electrons. The molecule has 0 saturated heterocycles. The van der Waals surface area contributed by atoms with Gasteiger partial charge in [0.2, 0.25) is 0 Å². The van der Waals surface area contributed by atoms with Gasteiger partial charge in [-0.2, -0.15) is 0 Å². The van der Waals surface area contributed by atoms with Crippen LogP contribution in [0.15, 0.2) is 30.5 Å². The highest BCUT2D eigenvalue weighted by atomic mass is 16.3. The van der Waals surface area contributed by atoms with Crippen LogP contribution in [0.2, 0.25) is 0 Å². The molecule has 1 N–H and O–H groups in total. The van der Waals surface area contributed by atoms with Crippen LogP contribution in [0.25, 0.3) is 10.9 Å². The summed E-state index contributed by atoms with van der Waals surface area (Å²) in [6.45, 7) is 2.86. The maximum Gasteiger partial charge on any atom is 0.152 e. The van der Waals surface area contributed by atoms with Crippen molar-refractivity contribution in [1.82, 2.24) is 4.57 Å². The molecule has 0 saturated carbocycles. The standard InChI is InChI=1S/C13H15NO2/c1-10(8-15)6-14-7-11(9-16)12-4-2-3-5-13(12)14/h2-5,7,9-10,15H,6,8H2,1H3. The molecule has 0 aliphatic carbocycles. The van der Waals surface area contributed by atoms with Crippen LogP contribution >= 0.6 is 0 Å². The molecule has 1 atom stereocenters. The van der Waals surface area contributed by atoms with Gasteiger partial charge in [0, 0.05) is 35.8 Å². The minimum absolute atomic E-state index is 0.156. The third-order valence-electron chi connectivity index (χ3n) is 2.77. The van der Waals surface area contributed by atoms with Crippen molar-refractivity contribution in [2.45, 2.75) is 13.5 Å². The van der Waals surface area contributed by atoms with Crippen LogP contribution in [0.5, 0.6) is 0 Å². The minimum atomic E-state index is 0.156. The van der Waals surface area contributed by atoms with Gasteiger partial charge in [0.1, 0.15) is 0 Å². The van der Waals surface area contributed by atoms with Crippen LogP contribution in [-0.2, 0) is 6.54 Å². The third kappa shape index (κ3) is 1.86. The minimum Gasteiger partial charge on any atom is -0.396 e. The largest absolute Gasteiger partial charge is 0.396 e. The second kappa shape index (κ2) is 4.49. The Balaban J connectivity index is 2.49. The number of hydrogen-bond donors (Lipinski definition) is 1. The second-order valence-corrected chi connectivity index (χ2v) is 4.16. The lowest BCUT2D eigenvalue weighted by molar-refractivity contribution is 0.112. The van der Waals surface area contributed by atoms with E-state index in [-0.39, 0.29) is 12.5 Å². The highest BCUT2D eigenvalue weighted by molar-refractivity contribution is 5.97. The van der Waals surface area contributed by atoms with Gasteiger partial charge < -0.3 is 9.67 Å². The monoisotopic (exact) mass is 217 g/mol. The Morgan fingerprint density at radius 3 is 2.88 bits per heavy atom. The summed E-state index contributed by atoms with van der Waals surface area (Å²) >= 11 is 0. The normalized spacial score (nSPS) is 12.9. The number of aliphatic hydroxyl groups excluding tert-OH is 1. The Bertz CT molecular complexity index is 502. The zero-order chi connectivity index (χ0) is 11.5. The summed E-state index contributed by atoms with van der Waals surface area (Å²) in [6, 6.07) is 7.82. The van der Waals surface area contributed by atoms with Crippen LogP contribution in [0, 0.1) is 5.92 Å². The number of aromatic nitrogens is 1. The Kier molecular flexibility index (Phi) is 3.06. The van der Waals surface area contributed by atoms with Crippen LogP contribution in [0.3, 0.4) is 0 Å². The number of carbonyl (C=O) groups excluding carboxylic acids is 1. The summed E-state index contributed by atoms with van der Waals surface area (Å²) in [4.78, 5) is 10.9. The summed E-state index contributed by atoms with van der Waals surface area (Å²) in [5.41, 5.74) is 1.76. The number of nitrogens with zero attached hydrogens (tertiary/aromatic N) is 1. The SMILES string of the molecule is CC(CO)Cn1cc(C=O)c2ccccc21. The molecule has 0 radical (unpaired) electrons. The first kappa shape index (κ1) is 10.9. The Morgan fingerprint density at radius 1 is 1.44 bits per heavy atom. The lowest BCUT2D eigenvalue weighted by Gasteiger charge is -2.10. The van der Waals surface area contributed by atoms with Gasteiger partial charge in [-0.3, -0.25) is 4.79 Å². The van der Waals surface area contributed by atoms with Gasteiger partial charge in [-0.15, -0.1) is 0 Å². The lowest BCUT2D eigenvalue weighted by Crippen LogP contribution is -2.10. The molecular weight excluding hydrogens is 202 g/mol. The molecule has 1 heterocycles. The number of para-hydroxylation sites is 1. The van der Waals surface area contributed by atoms with Gasteiger partial charge in [-0.05, 0) is 12.0 Å². The molecule has 1 aromatic heterocycles. The van der Waals surface area contributed by atoms with Crippen LogP contribution < -0.4 is 0 Å². The molecule has 0 spiro atoms. The van der Waals surface area contributed by atoms with Crippen molar-refractivity contribution in [2.75, 3.05) is 6.61 Å². The maximum atomic E-state index is 10.9. The van der Waals surface area contributed by atoms with Crippen LogP contribution in [0.4, 0.5) is 0 Å². The van der Waals surface area contributed by atoms with E-state index in [1.807, 2.05) is 42.0 Å². The first-order valence-corrected chi connectivity index (χ1v) is 5.40. The topological polar surface area (TPSA) is 42.2 Å². The fourth-order valence-corrected chi connectivity index (χ4v) is 1.91. The first-order valence-electron chi connectivity index (χ1n) is 5.40. The zero-order valence-corrected chi connectivity index (χ0v) is 9.26. The van der Waals surface area contributed by atoms with Crippen molar-refractivity contribution in [3.8, 4) is 0 Å². The molecule has 0 aliphatic heterocycles. The van der Waals surface area contributed by atoms with Crippen molar-refractivity contribution in [3.63, 3.8) is 0 Å². The lowest BCUT2D eigenvalue weighted by atomic mass is 10.2. The Labute approximate surface area is 94.3 Å². The van der Waals surface area contributed by atoms with Gasteiger partial charge in [-0.1, -0.05) is 25.1 Å². The molecule has 3 nitrogen and oxygen atoms in total. The van der Waals surface area contributed by atoms with Crippen LogP contribution in [-0.4, -0.2) is 22.6 Å². The van der Waals surface area contributed by atoms with E-state index in [0.29, 0.717) is 5.56 Å². The molecular formula is C13H15NO2. The zero-order valence-electron chi connectivity index (χ0n) is 9.26. The van der Waals surface area contributed by atoms with Gasteiger partial charge in [-0.25, -0.2) is 0 Å². The van der Waals surface area contributed by atoms with Gasteiger partial charge in [0.25, 0.3) is 0 Å². The fraction of sp³-hybridized carbons (Fsp3) is 0.308. The third-order valence-corrected chi connectivity index (χ3v) is 2.77. The van der Waals surface area contributed by atoms with Crippen LogP contribution in [0.1, 0.15) is 17.3 Å². The van der Waals surface area contributed by atoms with E-state index in [1.54, 1.807) is 0 Å². The Hall–Kier alpha value is -1.61. The number of hydrogen-bond acceptors (Lipinski definition) is 2. The predicted octanol–water partition coefficient (Wildman–Crippen LogP) is 2.08. The summed E-state index contributed by atoms with van der Waals surface area (Å²) in [5, 5.41) is 10.0. The summed E-state index contributed by atoms with van der Waals surface area (Å²) < 4.78 is 2.03. The van der Waals surface area contributed by atoms with Crippen molar-refractivity contribution < 1.29 is 9.90 Å². The maximum absolute atomic E-state index is 10.9. The molecule has 16 heavy (non-hydrogen) atoms. The van der Waals surface area contributed by atoms with Crippen molar-refractivity contribution in [3.05, 3.63) is 36.0 Å². The summed E-state index contributed by atoms with van der Waals surface area (Å²) in [7, 11) is 0. The second-order valence-electron chi connectivity index (χ2n) is 4.16. The summed E-state index contributed by atoms with van der Waals surface area (Å²) in [6.07, 6.45) is 2.73. The predicted molar refractivity (Wildman–Crippen MR) is 63.6 cm³/mol. The summed E-state index contributed by atoms with van der Waals surface area (Å²) in [5.74, 6) is 0.190. The quantitative estimate of drug-likeness (QED) is 0.797. The van der Waals surface area contributed by atoms with Crippen molar-refractivity contribution in [2.24, 2.45) is 5.92 Å². The number of carbonyl (C=O) groups is 1.